The molecule has 25 heavy (non-hydrogen) atoms. The summed E-state index contributed by atoms with van der Waals surface area (Å²) in [4.78, 5) is 0. The van der Waals surface area contributed by atoms with Crippen LogP contribution in [0.4, 0.5) is 0 Å². The maximum absolute atomic E-state index is 3.91. The van der Waals surface area contributed by atoms with Crippen molar-refractivity contribution in [2.75, 3.05) is 0 Å². The van der Waals surface area contributed by atoms with Gasteiger partial charge < -0.3 is 0 Å². The van der Waals surface area contributed by atoms with Crippen LogP contribution < -0.4 is 0 Å². The molecule has 0 heteroatoms. The van der Waals surface area contributed by atoms with E-state index in [0.29, 0.717) is 0 Å². The lowest BCUT2D eigenvalue weighted by Gasteiger charge is -2.21. The third kappa shape index (κ3) is 15.9. The summed E-state index contributed by atoms with van der Waals surface area (Å²) in [6.07, 6.45) is 33.8. The van der Waals surface area contributed by atoms with E-state index >= 15 is 0 Å². The van der Waals surface area contributed by atoms with Crippen LogP contribution in [0.15, 0.2) is 0 Å². The minimum Gasteiger partial charge on any atom is -0.0533 e. The van der Waals surface area contributed by atoms with Gasteiger partial charge in [0.05, 0.1) is 0 Å². The molecule has 0 unspecified atom stereocenters. The molecule has 149 valence electrons. The fourth-order valence-electron chi connectivity index (χ4n) is 4.56. The van der Waals surface area contributed by atoms with Gasteiger partial charge in [-0.1, -0.05) is 155 Å². The van der Waals surface area contributed by atoms with Gasteiger partial charge in [0.2, 0.25) is 0 Å². The second kappa shape index (κ2) is 18.8. The number of unbranched alkanes of at least 4 members (excludes halogenated alkanes) is 16. The Hall–Kier alpha value is 0. The van der Waals surface area contributed by atoms with E-state index in [4.69, 9.17) is 0 Å². The Bertz CT molecular complexity index is 238. The average Bonchev–Trinajstić information content (AvgIpc) is 2.65. The molecule has 1 radical (unpaired) electrons. The Kier molecular flexibility index (Phi) is 17.3. The molecule has 0 aliphatic heterocycles. The summed E-state index contributed by atoms with van der Waals surface area (Å²) in [7, 11) is 0. The Morgan fingerprint density at radius 3 is 1.20 bits per heavy atom. The molecule has 1 saturated carbocycles. The van der Waals surface area contributed by atoms with Crippen LogP contribution >= 0.6 is 0 Å². The highest BCUT2D eigenvalue weighted by molar-refractivity contribution is 4.65. The maximum Gasteiger partial charge on any atom is -0.0414 e. The van der Waals surface area contributed by atoms with Gasteiger partial charge in [0.1, 0.15) is 0 Å². The first-order valence-corrected chi connectivity index (χ1v) is 12.2. The zero-order chi connectivity index (χ0) is 17.8. The van der Waals surface area contributed by atoms with Crippen molar-refractivity contribution in [2.45, 2.75) is 148 Å². The van der Waals surface area contributed by atoms with Gasteiger partial charge in [-0.05, 0) is 5.92 Å². The summed E-state index contributed by atoms with van der Waals surface area (Å²) in [5, 5.41) is 0. The third-order valence-corrected chi connectivity index (χ3v) is 6.34. The first-order chi connectivity index (χ1) is 12.4. The monoisotopic (exact) mass is 349 g/mol. The van der Waals surface area contributed by atoms with E-state index in [2.05, 4.69) is 6.92 Å². The van der Waals surface area contributed by atoms with Crippen molar-refractivity contribution in [2.24, 2.45) is 5.92 Å². The predicted octanol–water partition coefficient (Wildman–Crippen LogP) is 9.42. The normalized spacial score (nSPS) is 15.7. The molecule has 0 N–H and O–H groups in total. The molecule has 0 bridgehead atoms. The molecule has 1 rings (SSSR count). The molecular weight excluding hydrogens is 300 g/mol. The highest BCUT2D eigenvalue weighted by Crippen LogP contribution is 2.28. The average molecular weight is 350 g/mol. The van der Waals surface area contributed by atoms with Crippen LogP contribution in [-0.4, -0.2) is 0 Å². The first kappa shape index (κ1) is 23.0. The molecule has 1 aliphatic rings. The van der Waals surface area contributed by atoms with Crippen molar-refractivity contribution in [3.63, 3.8) is 0 Å². The Balaban J connectivity index is 1.65. The molecule has 0 aromatic heterocycles. The summed E-state index contributed by atoms with van der Waals surface area (Å²) in [6.45, 7) is 3.91. The topological polar surface area (TPSA) is 0 Å². The van der Waals surface area contributed by atoms with Crippen LogP contribution in [0, 0.1) is 12.8 Å². The van der Waals surface area contributed by atoms with E-state index in [0.717, 1.165) is 12.3 Å². The molecule has 0 aromatic carbocycles. The van der Waals surface area contributed by atoms with Gasteiger partial charge in [-0.2, -0.15) is 0 Å². The third-order valence-electron chi connectivity index (χ3n) is 6.34. The number of hydrogen-bond donors (Lipinski definition) is 0. The molecule has 0 atom stereocenters. The zero-order valence-electron chi connectivity index (χ0n) is 17.5. The van der Waals surface area contributed by atoms with E-state index in [-0.39, 0.29) is 0 Å². The Morgan fingerprint density at radius 2 is 0.800 bits per heavy atom. The lowest BCUT2D eigenvalue weighted by Crippen LogP contribution is -2.05. The van der Waals surface area contributed by atoms with Gasteiger partial charge in [-0.3, -0.25) is 0 Å². The van der Waals surface area contributed by atoms with E-state index in [9.17, 15) is 0 Å². The lowest BCUT2D eigenvalue weighted by atomic mass is 9.85. The minimum atomic E-state index is 1.10. The SMILES string of the molecule is [CH2]CCCCCCCCCCCCCCCCCCC1CCCCC1. The smallest absolute Gasteiger partial charge is 0.0414 e. The molecule has 0 heterocycles. The van der Waals surface area contributed by atoms with Gasteiger partial charge in [-0.25, -0.2) is 0 Å². The van der Waals surface area contributed by atoms with Crippen molar-refractivity contribution >= 4 is 0 Å². The highest BCUT2D eigenvalue weighted by atomic mass is 14.2. The zero-order valence-corrected chi connectivity index (χ0v) is 17.5. The minimum absolute atomic E-state index is 1.10. The summed E-state index contributed by atoms with van der Waals surface area (Å²) >= 11 is 0. The predicted molar refractivity (Wildman–Crippen MR) is 115 cm³/mol. The van der Waals surface area contributed by atoms with Gasteiger partial charge in [-0.15, -0.1) is 0 Å². The largest absolute Gasteiger partial charge is 0.0533 e. The standard InChI is InChI=1S/C25H49/c1-2-3-4-5-6-7-8-9-10-11-12-13-14-15-16-17-19-22-25-23-20-18-21-24-25/h25H,1-24H2. The molecule has 1 fully saturated rings. The summed E-state index contributed by atoms with van der Waals surface area (Å²) < 4.78 is 0. The fourth-order valence-corrected chi connectivity index (χ4v) is 4.56. The molecule has 0 saturated heterocycles. The van der Waals surface area contributed by atoms with Crippen LogP contribution in [0.2, 0.25) is 0 Å². The molecular formula is C25H49. The molecule has 0 nitrogen and oxygen atoms in total. The molecule has 0 aromatic rings. The quantitative estimate of drug-likeness (QED) is 0.216. The van der Waals surface area contributed by atoms with E-state index < -0.39 is 0 Å². The maximum atomic E-state index is 3.91. The summed E-state index contributed by atoms with van der Waals surface area (Å²) in [6, 6.07) is 0. The molecule has 0 spiro atoms. The van der Waals surface area contributed by atoms with Crippen molar-refractivity contribution < 1.29 is 0 Å². The van der Waals surface area contributed by atoms with Gasteiger partial charge in [0.15, 0.2) is 0 Å². The van der Waals surface area contributed by atoms with Gasteiger partial charge >= 0.3 is 0 Å². The second-order valence-electron chi connectivity index (χ2n) is 8.80. The molecule has 1 aliphatic carbocycles. The summed E-state index contributed by atoms with van der Waals surface area (Å²) in [5.74, 6) is 1.10. The second-order valence-corrected chi connectivity index (χ2v) is 8.80. The number of rotatable bonds is 18. The van der Waals surface area contributed by atoms with Crippen LogP contribution in [0.3, 0.4) is 0 Å². The van der Waals surface area contributed by atoms with E-state index in [1.54, 1.807) is 0 Å². The van der Waals surface area contributed by atoms with E-state index in [1.165, 1.54) is 141 Å². The van der Waals surface area contributed by atoms with Crippen molar-refractivity contribution in [3.8, 4) is 0 Å². The van der Waals surface area contributed by atoms with Crippen LogP contribution in [-0.2, 0) is 0 Å². The van der Waals surface area contributed by atoms with Crippen molar-refractivity contribution in [3.05, 3.63) is 6.92 Å². The first-order valence-electron chi connectivity index (χ1n) is 12.2. The van der Waals surface area contributed by atoms with Gasteiger partial charge in [0, 0.05) is 0 Å². The van der Waals surface area contributed by atoms with Crippen LogP contribution in [0.25, 0.3) is 0 Å². The van der Waals surface area contributed by atoms with Crippen molar-refractivity contribution in [1.82, 2.24) is 0 Å². The van der Waals surface area contributed by atoms with Crippen LogP contribution in [0.5, 0.6) is 0 Å². The number of hydrogen-bond acceptors (Lipinski definition) is 0. The van der Waals surface area contributed by atoms with Crippen LogP contribution in [0.1, 0.15) is 148 Å². The summed E-state index contributed by atoms with van der Waals surface area (Å²) in [5.41, 5.74) is 0. The highest BCUT2D eigenvalue weighted by Gasteiger charge is 2.12. The Labute approximate surface area is 160 Å². The van der Waals surface area contributed by atoms with E-state index in [1.807, 2.05) is 0 Å². The van der Waals surface area contributed by atoms with Crippen molar-refractivity contribution in [1.29, 1.82) is 0 Å². The lowest BCUT2D eigenvalue weighted by molar-refractivity contribution is 0.328. The molecule has 0 amide bonds. The Morgan fingerprint density at radius 1 is 0.440 bits per heavy atom. The van der Waals surface area contributed by atoms with Gasteiger partial charge in [0.25, 0.3) is 0 Å². The fraction of sp³-hybridized carbons (Fsp3) is 0.960.